The molecular formula is C11H11BrCl2N4. The predicted octanol–water partition coefficient (Wildman–Crippen LogP) is 3.19. The molecule has 0 bridgehead atoms. The Hall–Kier alpha value is -0.620. The third-order valence-electron chi connectivity index (χ3n) is 2.67. The second-order valence-corrected chi connectivity index (χ2v) is 5.35. The van der Waals surface area contributed by atoms with Crippen LogP contribution in [0.15, 0.2) is 22.8 Å². The second kappa shape index (κ2) is 5.57. The maximum Gasteiger partial charge on any atom is 0.153 e. The topological polar surface area (TPSA) is 42.7 Å². The van der Waals surface area contributed by atoms with Crippen molar-refractivity contribution in [1.82, 2.24) is 20.3 Å². The summed E-state index contributed by atoms with van der Waals surface area (Å²) in [6.07, 6.45) is 0. The van der Waals surface area contributed by atoms with E-state index in [2.05, 4.69) is 31.6 Å². The van der Waals surface area contributed by atoms with Crippen LogP contribution in [0.5, 0.6) is 0 Å². The summed E-state index contributed by atoms with van der Waals surface area (Å²) >= 11 is 15.4. The van der Waals surface area contributed by atoms with Gasteiger partial charge in [0, 0.05) is 7.05 Å². The lowest BCUT2D eigenvalue weighted by Crippen LogP contribution is -2.21. The number of nitrogens with one attached hydrogen (secondary N) is 1. The zero-order valence-corrected chi connectivity index (χ0v) is 12.9. The first-order valence-corrected chi connectivity index (χ1v) is 6.76. The largest absolute Gasteiger partial charge is 0.308 e. The average Bonchev–Trinajstić information content (AvgIpc) is 2.66. The summed E-state index contributed by atoms with van der Waals surface area (Å²) < 4.78 is 2.42. The molecule has 1 atom stereocenters. The fraction of sp³-hybridized carbons (Fsp3) is 0.273. The molecule has 4 nitrogen and oxygen atoms in total. The minimum Gasteiger partial charge on any atom is -0.308 e. The molecular weight excluding hydrogens is 339 g/mol. The molecule has 1 aromatic carbocycles. The van der Waals surface area contributed by atoms with Crippen LogP contribution in [-0.4, -0.2) is 22.0 Å². The van der Waals surface area contributed by atoms with Crippen molar-refractivity contribution in [3.63, 3.8) is 0 Å². The highest BCUT2D eigenvalue weighted by molar-refractivity contribution is 9.10. The lowest BCUT2D eigenvalue weighted by Gasteiger charge is -2.17. The Morgan fingerprint density at radius 1 is 1.33 bits per heavy atom. The van der Waals surface area contributed by atoms with E-state index in [1.165, 1.54) is 0 Å². The van der Waals surface area contributed by atoms with E-state index in [9.17, 15) is 0 Å². The van der Waals surface area contributed by atoms with Crippen molar-refractivity contribution in [2.24, 2.45) is 7.05 Å². The van der Waals surface area contributed by atoms with E-state index < -0.39 is 0 Å². The molecule has 1 N–H and O–H groups in total. The van der Waals surface area contributed by atoms with Gasteiger partial charge < -0.3 is 5.32 Å². The maximum atomic E-state index is 6.05. The number of hydrogen-bond acceptors (Lipinski definition) is 3. The van der Waals surface area contributed by atoms with E-state index in [4.69, 9.17) is 23.2 Å². The van der Waals surface area contributed by atoms with Gasteiger partial charge in [-0.1, -0.05) is 34.5 Å². The molecule has 1 unspecified atom stereocenters. The Morgan fingerprint density at radius 3 is 2.56 bits per heavy atom. The van der Waals surface area contributed by atoms with Crippen molar-refractivity contribution in [1.29, 1.82) is 0 Å². The van der Waals surface area contributed by atoms with Crippen molar-refractivity contribution in [2.75, 3.05) is 7.05 Å². The molecule has 0 aliphatic carbocycles. The fourth-order valence-corrected chi connectivity index (χ4v) is 2.66. The Bertz CT molecular complexity index is 551. The lowest BCUT2D eigenvalue weighted by atomic mass is 10.0. The normalized spacial score (nSPS) is 12.7. The number of aromatic nitrogens is 3. The molecule has 18 heavy (non-hydrogen) atoms. The molecule has 96 valence electrons. The second-order valence-electron chi connectivity index (χ2n) is 3.78. The van der Waals surface area contributed by atoms with E-state index >= 15 is 0 Å². The van der Waals surface area contributed by atoms with Crippen molar-refractivity contribution < 1.29 is 0 Å². The zero-order valence-electron chi connectivity index (χ0n) is 9.78. The molecule has 0 radical (unpaired) electrons. The first-order valence-electron chi connectivity index (χ1n) is 5.22. The third-order valence-corrected chi connectivity index (χ3v) is 3.97. The molecule has 7 heteroatoms. The third kappa shape index (κ3) is 2.54. The van der Waals surface area contributed by atoms with Crippen LogP contribution in [0.1, 0.15) is 17.3 Å². The number of rotatable bonds is 3. The van der Waals surface area contributed by atoms with Gasteiger partial charge in [0.15, 0.2) is 4.60 Å². The van der Waals surface area contributed by atoms with E-state index in [1.807, 2.05) is 26.2 Å². The van der Waals surface area contributed by atoms with Crippen LogP contribution in [0.2, 0.25) is 10.0 Å². The molecule has 0 aliphatic heterocycles. The highest BCUT2D eigenvalue weighted by Crippen LogP contribution is 2.30. The summed E-state index contributed by atoms with van der Waals surface area (Å²) in [5.74, 6) is 0. The Balaban J connectivity index is 2.48. The standard InChI is InChI=1S/C11H11BrCl2N4/c1-15-9(10-11(12)16-17-18(10)2)6-3-4-7(13)8(14)5-6/h3-5,9,15H,1-2H3. The molecule has 2 rings (SSSR count). The molecule has 0 spiro atoms. The van der Waals surface area contributed by atoms with Gasteiger partial charge in [-0.05, 0) is 40.7 Å². The quantitative estimate of drug-likeness (QED) is 0.925. The maximum absolute atomic E-state index is 6.05. The fourth-order valence-electron chi connectivity index (χ4n) is 1.80. The van der Waals surface area contributed by atoms with E-state index in [0.29, 0.717) is 14.6 Å². The van der Waals surface area contributed by atoms with Crippen LogP contribution in [-0.2, 0) is 7.05 Å². The van der Waals surface area contributed by atoms with Gasteiger partial charge in [-0.3, -0.25) is 0 Å². The SMILES string of the molecule is CNC(c1ccc(Cl)c(Cl)c1)c1c(Br)nnn1C. The molecule has 0 aliphatic rings. The predicted molar refractivity (Wildman–Crippen MR) is 76.1 cm³/mol. The van der Waals surface area contributed by atoms with Gasteiger partial charge in [-0.2, -0.15) is 0 Å². The Morgan fingerprint density at radius 2 is 2.06 bits per heavy atom. The molecule has 1 aromatic heterocycles. The first kappa shape index (κ1) is 13.8. The molecule has 2 aromatic rings. The number of nitrogens with zero attached hydrogens (tertiary/aromatic N) is 3. The van der Waals surface area contributed by atoms with Gasteiger partial charge in [0.1, 0.15) is 0 Å². The summed E-state index contributed by atoms with van der Waals surface area (Å²) in [6.45, 7) is 0. The van der Waals surface area contributed by atoms with E-state index in [1.54, 1.807) is 10.7 Å². The smallest absolute Gasteiger partial charge is 0.153 e. The van der Waals surface area contributed by atoms with Crippen LogP contribution in [0.4, 0.5) is 0 Å². The Kier molecular flexibility index (Phi) is 4.27. The zero-order chi connectivity index (χ0) is 13.3. The lowest BCUT2D eigenvalue weighted by molar-refractivity contribution is 0.597. The van der Waals surface area contributed by atoms with Crippen LogP contribution in [0, 0.1) is 0 Å². The Labute approximate surface area is 123 Å². The number of benzene rings is 1. The van der Waals surface area contributed by atoms with Gasteiger partial charge in [-0.25, -0.2) is 4.68 Å². The first-order chi connectivity index (χ1) is 8.54. The van der Waals surface area contributed by atoms with Gasteiger partial charge in [0.05, 0.1) is 21.8 Å². The van der Waals surface area contributed by atoms with Gasteiger partial charge in [0.25, 0.3) is 0 Å². The van der Waals surface area contributed by atoms with E-state index in [0.717, 1.165) is 11.3 Å². The highest BCUT2D eigenvalue weighted by atomic mass is 79.9. The van der Waals surface area contributed by atoms with E-state index in [-0.39, 0.29) is 6.04 Å². The summed E-state index contributed by atoms with van der Waals surface area (Å²) in [5, 5.41) is 12.2. The van der Waals surface area contributed by atoms with Crippen LogP contribution in [0.3, 0.4) is 0 Å². The average molecular weight is 350 g/mol. The van der Waals surface area contributed by atoms with Crippen LogP contribution >= 0.6 is 39.1 Å². The number of hydrogen-bond donors (Lipinski definition) is 1. The summed E-state index contributed by atoms with van der Waals surface area (Å²) in [4.78, 5) is 0. The van der Waals surface area contributed by atoms with Gasteiger partial charge in [-0.15, -0.1) is 5.10 Å². The number of halogens is 3. The van der Waals surface area contributed by atoms with Crippen molar-refractivity contribution >= 4 is 39.1 Å². The molecule has 1 heterocycles. The van der Waals surface area contributed by atoms with Crippen LogP contribution in [0.25, 0.3) is 0 Å². The number of aryl methyl sites for hydroxylation is 1. The molecule has 0 amide bonds. The minimum atomic E-state index is -0.0610. The monoisotopic (exact) mass is 348 g/mol. The van der Waals surface area contributed by atoms with Crippen molar-refractivity contribution in [3.05, 3.63) is 44.1 Å². The minimum absolute atomic E-state index is 0.0610. The van der Waals surface area contributed by atoms with Crippen molar-refractivity contribution in [3.8, 4) is 0 Å². The summed E-state index contributed by atoms with van der Waals surface area (Å²) in [6, 6.07) is 5.48. The van der Waals surface area contributed by atoms with Crippen molar-refractivity contribution in [2.45, 2.75) is 6.04 Å². The molecule has 0 saturated heterocycles. The highest BCUT2D eigenvalue weighted by Gasteiger charge is 2.21. The molecule has 0 saturated carbocycles. The molecule has 0 fully saturated rings. The summed E-state index contributed by atoms with van der Waals surface area (Å²) in [5.41, 5.74) is 1.92. The van der Waals surface area contributed by atoms with Crippen LogP contribution < -0.4 is 5.32 Å². The van der Waals surface area contributed by atoms with Gasteiger partial charge in [0.2, 0.25) is 0 Å². The van der Waals surface area contributed by atoms with Gasteiger partial charge >= 0.3 is 0 Å². The summed E-state index contributed by atoms with van der Waals surface area (Å²) in [7, 11) is 3.71.